The third-order valence-electron chi connectivity index (χ3n) is 5.05. The van der Waals surface area contributed by atoms with Gasteiger partial charge in [-0.2, -0.15) is 5.26 Å². The summed E-state index contributed by atoms with van der Waals surface area (Å²) in [6.07, 6.45) is 6.61. The van der Waals surface area contributed by atoms with Crippen molar-refractivity contribution < 1.29 is 13.2 Å². The average Bonchev–Trinajstić information content (AvgIpc) is 2.79. The first-order valence-electron chi connectivity index (χ1n) is 10.7. The van der Waals surface area contributed by atoms with E-state index in [2.05, 4.69) is 16.9 Å². The van der Waals surface area contributed by atoms with Gasteiger partial charge in [-0.25, -0.2) is 18.4 Å². The van der Waals surface area contributed by atoms with E-state index >= 15 is 0 Å². The maximum Gasteiger partial charge on any atom is 0.238 e. The van der Waals surface area contributed by atoms with Gasteiger partial charge in [0.1, 0.15) is 5.69 Å². The highest BCUT2D eigenvalue weighted by Gasteiger charge is 2.34. The minimum absolute atomic E-state index is 0.0380. The maximum absolute atomic E-state index is 13.2. The van der Waals surface area contributed by atoms with Crippen LogP contribution in [0, 0.1) is 11.3 Å². The second kappa shape index (κ2) is 10.9. The Labute approximate surface area is 183 Å². The van der Waals surface area contributed by atoms with E-state index in [1.54, 1.807) is 36.4 Å². The van der Waals surface area contributed by atoms with Crippen LogP contribution in [-0.4, -0.2) is 25.0 Å². The Morgan fingerprint density at radius 1 is 0.903 bits per heavy atom. The topological polar surface area (TPSA) is 92.9 Å². The minimum Gasteiger partial charge on any atom is -0.476 e. The lowest BCUT2D eigenvalue weighted by Gasteiger charge is -2.15. The summed E-state index contributed by atoms with van der Waals surface area (Å²) in [6, 6.07) is 17.0. The SMILES string of the molecule is CCCCCCCCOc1nc2ccccc2nc1[C@H](C#N)S(=O)(=O)c1ccccc1. The molecule has 7 heteroatoms. The molecule has 0 saturated carbocycles. The molecule has 0 N–H and O–H groups in total. The largest absolute Gasteiger partial charge is 0.476 e. The molecule has 3 rings (SSSR count). The highest BCUT2D eigenvalue weighted by atomic mass is 32.2. The predicted molar refractivity (Wildman–Crippen MR) is 120 cm³/mol. The van der Waals surface area contributed by atoms with Crippen LogP contribution in [-0.2, 0) is 9.84 Å². The lowest BCUT2D eigenvalue weighted by atomic mass is 10.1. The number of hydrogen-bond acceptors (Lipinski definition) is 6. The molecule has 6 nitrogen and oxygen atoms in total. The van der Waals surface area contributed by atoms with Gasteiger partial charge in [0, 0.05) is 0 Å². The number of ether oxygens (including phenoxy) is 1. The first-order valence-corrected chi connectivity index (χ1v) is 12.2. The fourth-order valence-corrected chi connectivity index (χ4v) is 4.74. The average molecular weight is 438 g/mol. The van der Waals surface area contributed by atoms with Crippen molar-refractivity contribution in [3.63, 3.8) is 0 Å². The van der Waals surface area contributed by atoms with Gasteiger partial charge in [-0.05, 0) is 30.7 Å². The molecule has 0 radical (unpaired) electrons. The van der Waals surface area contributed by atoms with Crippen LogP contribution in [0.25, 0.3) is 11.0 Å². The fraction of sp³-hybridized carbons (Fsp3) is 0.375. The molecule has 1 heterocycles. The van der Waals surface area contributed by atoms with Crippen molar-refractivity contribution in [3.8, 4) is 11.9 Å². The lowest BCUT2D eigenvalue weighted by Crippen LogP contribution is -2.16. The van der Waals surface area contributed by atoms with Crippen molar-refractivity contribution >= 4 is 20.9 Å². The Balaban J connectivity index is 1.90. The number of fused-ring (bicyclic) bond motifs is 1. The van der Waals surface area contributed by atoms with E-state index in [4.69, 9.17) is 4.74 Å². The number of aromatic nitrogens is 2. The van der Waals surface area contributed by atoms with Crippen molar-refractivity contribution in [2.45, 2.75) is 55.6 Å². The number of benzene rings is 2. The molecule has 0 aliphatic carbocycles. The molecule has 0 fully saturated rings. The first-order chi connectivity index (χ1) is 15.1. The van der Waals surface area contributed by atoms with Crippen molar-refractivity contribution in [1.82, 2.24) is 9.97 Å². The molecule has 0 saturated heterocycles. The van der Waals surface area contributed by atoms with Crippen molar-refractivity contribution in [3.05, 3.63) is 60.3 Å². The monoisotopic (exact) mass is 437 g/mol. The molecule has 0 bridgehead atoms. The first kappa shape index (κ1) is 22.7. The van der Waals surface area contributed by atoms with Gasteiger partial charge >= 0.3 is 0 Å². The molecular weight excluding hydrogens is 410 g/mol. The van der Waals surface area contributed by atoms with E-state index in [1.165, 1.54) is 31.4 Å². The summed E-state index contributed by atoms with van der Waals surface area (Å²) in [5.41, 5.74) is 1.15. The summed E-state index contributed by atoms with van der Waals surface area (Å²) in [6.45, 7) is 2.58. The van der Waals surface area contributed by atoms with Gasteiger partial charge in [0.2, 0.25) is 15.7 Å². The second-order valence-corrected chi connectivity index (χ2v) is 9.42. The van der Waals surface area contributed by atoms with E-state index in [-0.39, 0.29) is 16.5 Å². The molecule has 1 aromatic heterocycles. The van der Waals surface area contributed by atoms with Crippen LogP contribution in [0.4, 0.5) is 0 Å². The fourth-order valence-electron chi connectivity index (χ4n) is 3.35. The van der Waals surface area contributed by atoms with Crippen molar-refractivity contribution in [1.29, 1.82) is 5.26 Å². The summed E-state index contributed by atoms with van der Waals surface area (Å²) in [7, 11) is -3.98. The molecule has 3 aromatic rings. The third kappa shape index (κ3) is 5.59. The Bertz CT molecular complexity index is 1140. The highest BCUT2D eigenvalue weighted by molar-refractivity contribution is 7.92. The summed E-state index contributed by atoms with van der Waals surface area (Å²) in [5.74, 6) is 0.110. The van der Waals surface area contributed by atoms with Crippen LogP contribution in [0.1, 0.15) is 56.4 Å². The van der Waals surface area contributed by atoms with E-state index in [0.717, 1.165) is 19.3 Å². The number of rotatable bonds is 11. The molecular formula is C24H27N3O3S. The van der Waals surface area contributed by atoms with E-state index in [0.29, 0.717) is 17.6 Å². The van der Waals surface area contributed by atoms with Gasteiger partial charge in [0.15, 0.2) is 5.25 Å². The second-order valence-electron chi connectivity index (χ2n) is 7.39. The zero-order valence-electron chi connectivity index (χ0n) is 17.7. The Morgan fingerprint density at radius 2 is 1.52 bits per heavy atom. The Kier molecular flexibility index (Phi) is 7.96. The summed E-state index contributed by atoms with van der Waals surface area (Å²) < 4.78 is 32.2. The standard InChI is InChI=1S/C24H27N3O3S/c1-2-3-4-5-6-12-17-30-24-23(26-20-15-10-11-16-21(20)27-24)22(18-25)31(28,29)19-13-8-7-9-14-19/h7-11,13-16,22H,2-6,12,17H2,1H3/t22-/m0/s1. The summed E-state index contributed by atoms with van der Waals surface area (Å²) >= 11 is 0. The van der Waals surface area contributed by atoms with Gasteiger partial charge in [0.05, 0.1) is 28.6 Å². The van der Waals surface area contributed by atoms with Gasteiger partial charge in [0.25, 0.3) is 0 Å². The number of nitriles is 1. The summed E-state index contributed by atoms with van der Waals surface area (Å²) in [4.78, 5) is 9.05. The zero-order chi connectivity index (χ0) is 22.1. The van der Waals surface area contributed by atoms with Crippen molar-refractivity contribution in [2.75, 3.05) is 6.61 Å². The normalized spacial score (nSPS) is 12.4. The smallest absolute Gasteiger partial charge is 0.238 e. The molecule has 0 aliphatic heterocycles. The molecule has 0 amide bonds. The van der Waals surface area contributed by atoms with Crippen LogP contribution in [0.3, 0.4) is 0 Å². The number of hydrogen-bond donors (Lipinski definition) is 0. The van der Waals surface area contributed by atoms with Crippen LogP contribution in [0.15, 0.2) is 59.5 Å². The number of sulfone groups is 1. The number of para-hydroxylation sites is 2. The third-order valence-corrected chi connectivity index (χ3v) is 6.93. The van der Waals surface area contributed by atoms with Gasteiger partial charge in [-0.1, -0.05) is 69.4 Å². The van der Waals surface area contributed by atoms with Crippen LogP contribution < -0.4 is 4.74 Å². The molecule has 0 aliphatic rings. The number of unbranched alkanes of at least 4 members (excludes halogenated alkanes) is 5. The van der Waals surface area contributed by atoms with Crippen LogP contribution in [0.5, 0.6) is 5.88 Å². The highest BCUT2D eigenvalue weighted by Crippen LogP contribution is 2.33. The molecule has 31 heavy (non-hydrogen) atoms. The molecule has 0 unspecified atom stereocenters. The van der Waals surface area contributed by atoms with Gasteiger partial charge in [-0.15, -0.1) is 0 Å². The molecule has 1 atom stereocenters. The Hall–Kier alpha value is -2.98. The van der Waals surface area contributed by atoms with E-state index in [9.17, 15) is 13.7 Å². The van der Waals surface area contributed by atoms with Gasteiger partial charge in [-0.3, -0.25) is 0 Å². The molecule has 0 spiro atoms. The van der Waals surface area contributed by atoms with E-state index in [1.807, 2.05) is 12.1 Å². The Morgan fingerprint density at radius 3 is 2.19 bits per heavy atom. The van der Waals surface area contributed by atoms with Crippen LogP contribution in [0.2, 0.25) is 0 Å². The van der Waals surface area contributed by atoms with Crippen molar-refractivity contribution in [2.24, 2.45) is 0 Å². The zero-order valence-corrected chi connectivity index (χ0v) is 18.5. The minimum atomic E-state index is -3.98. The summed E-state index contributed by atoms with van der Waals surface area (Å²) in [5, 5.41) is 8.30. The molecule has 162 valence electrons. The lowest BCUT2D eigenvalue weighted by molar-refractivity contribution is 0.290. The van der Waals surface area contributed by atoms with Gasteiger partial charge < -0.3 is 4.74 Å². The quantitative estimate of drug-likeness (QED) is 0.373. The van der Waals surface area contributed by atoms with Crippen LogP contribution >= 0.6 is 0 Å². The maximum atomic E-state index is 13.2. The van der Waals surface area contributed by atoms with E-state index < -0.39 is 15.1 Å². The molecule has 2 aromatic carbocycles. The number of nitrogens with zero attached hydrogens (tertiary/aromatic N) is 3. The predicted octanol–water partition coefficient (Wildman–Crippen LogP) is 5.41.